The lowest BCUT2D eigenvalue weighted by Gasteiger charge is -2.25. The van der Waals surface area contributed by atoms with Crippen LogP contribution in [0.1, 0.15) is 5.56 Å². The molecule has 0 bridgehead atoms. The van der Waals surface area contributed by atoms with Crippen LogP contribution < -0.4 is 9.80 Å². The molecule has 3 radical (unpaired) electrons. The van der Waals surface area contributed by atoms with E-state index >= 15 is 0 Å². The van der Waals surface area contributed by atoms with E-state index in [2.05, 4.69) is 38.8 Å². The van der Waals surface area contributed by atoms with Gasteiger partial charge in [0.1, 0.15) is 0 Å². The summed E-state index contributed by atoms with van der Waals surface area (Å²) in [4.78, 5) is 4.21. The highest BCUT2D eigenvalue weighted by atomic mass is 28.1. The first kappa shape index (κ1) is 11.8. The molecule has 0 unspecified atom stereocenters. The zero-order chi connectivity index (χ0) is 11.6. The Morgan fingerprint density at radius 3 is 2.13 bits per heavy atom. The summed E-state index contributed by atoms with van der Waals surface area (Å²) in [5, 5.41) is 0.905. The quantitative estimate of drug-likeness (QED) is 0.714. The fourth-order valence-corrected chi connectivity index (χ4v) is 1.81. The maximum atomic E-state index is 3.94. The summed E-state index contributed by atoms with van der Waals surface area (Å²) in [6.07, 6.45) is 0. The van der Waals surface area contributed by atoms with Crippen LogP contribution >= 0.6 is 0 Å². The first-order chi connectivity index (χ1) is 6.95. The molecule has 0 saturated heterocycles. The molecular formula is C12H17N2Si. The first-order valence-corrected chi connectivity index (χ1v) is 5.33. The average molecular weight is 217 g/mol. The van der Waals surface area contributed by atoms with Gasteiger partial charge in [-0.2, -0.15) is 0 Å². The predicted molar refractivity (Wildman–Crippen MR) is 69.9 cm³/mol. The van der Waals surface area contributed by atoms with E-state index in [1.165, 1.54) is 11.4 Å². The van der Waals surface area contributed by atoms with Gasteiger partial charge in [-0.05, 0) is 11.6 Å². The Morgan fingerprint density at radius 1 is 1.13 bits per heavy atom. The Hall–Kier alpha value is -1.22. The lowest BCUT2D eigenvalue weighted by molar-refractivity contribution is 1.07. The molecule has 0 aliphatic rings. The minimum atomic E-state index is 0.905. The fraction of sp³-hybridized carbons (Fsp3) is 0.333. The van der Waals surface area contributed by atoms with Crippen LogP contribution in [-0.2, 0) is 0 Å². The summed E-state index contributed by atoms with van der Waals surface area (Å²) in [6, 6.07) is 6.22. The van der Waals surface area contributed by atoms with Gasteiger partial charge < -0.3 is 9.80 Å². The lowest BCUT2D eigenvalue weighted by Crippen LogP contribution is -2.18. The largest absolute Gasteiger partial charge is 0.376 e. The van der Waals surface area contributed by atoms with Crippen molar-refractivity contribution in [3.05, 3.63) is 30.3 Å². The molecule has 3 heteroatoms. The Morgan fingerprint density at radius 2 is 1.73 bits per heavy atom. The molecule has 15 heavy (non-hydrogen) atoms. The number of para-hydroxylation sites is 1. The molecule has 0 aliphatic heterocycles. The maximum absolute atomic E-state index is 3.94. The van der Waals surface area contributed by atoms with E-state index in [1.807, 2.05) is 34.3 Å². The Balaban J connectivity index is 3.42. The van der Waals surface area contributed by atoms with Crippen LogP contribution in [0, 0.1) is 0 Å². The normalized spacial score (nSPS) is 9.93. The molecule has 0 N–H and O–H groups in total. The number of benzene rings is 1. The van der Waals surface area contributed by atoms with E-state index in [4.69, 9.17) is 0 Å². The summed E-state index contributed by atoms with van der Waals surface area (Å²) in [6.45, 7) is 3.94. The molecule has 2 nitrogen and oxygen atoms in total. The van der Waals surface area contributed by atoms with Crippen LogP contribution in [0.15, 0.2) is 24.8 Å². The van der Waals surface area contributed by atoms with Crippen molar-refractivity contribution in [3.8, 4) is 0 Å². The molecule has 0 amide bonds. The van der Waals surface area contributed by atoms with Gasteiger partial charge in [0.2, 0.25) is 0 Å². The Labute approximate surface area is 95.6 Å². The van der Waals surface area contributed by atoms with Crippen molar-refractivity contribution in [1.29, 1.82) is 0 Å². The molecule has 0 spiro atoms. The summed E-state index contributed by atoms with van der Waals surface area (Å²) in [5.41, 5.74) is 3.50. The van der Waals surface area contributed by atoms with E-state index in [-0.39, 0.29) is 0 Å². The second-order valence-electron chi connectivity index (χ2n) is 3.94. The SMILES string of the molecule is C=C([Si])c1cccc(N(C)C)c1N(C)C. The highest BCUT2D eigenvalue weighted by Gasteiger charge is 2.11. The van der Waals surface area contributed by atoms with Gasteiger partial charge in [-0.1, -0.05) is 23.9 Å². The van der Waals surface area contributed by atoms with E-state index in [1.54, 1.807) is 0 Å². The Kier molecular flexibility index (Phi) is 3.58. The van der Waals surface area contributed by atoms with Crippen molar-refractivity contribution >= 4 is 26.8 Å². The number of hydrogen-bond acceptors (Lipinski definition) is 2. The zero-order valence-electron chi connectivity index (χ0n) is 9.83. The predicted octanol–water partition coefficient (Wildman–Crippen LogP) is 1.96. The Bertz CT molecular complexity index is 370. The molecule has 79 valence electrons. The van der Waals surface area contributed by atoms with Gasteiger partial charge in [0.25, 0.3) is 0 Å². The average Bonchev–Trinajstić information content (AvgIpc) is 2.16. The van der Waals surface area contributed by atoms with Crippen molar-refractivity contribution in [3.63, 3.8) is 0 Å². The minimum absolute atomic E-state index is 0.905. The lowest BCUT2D eigenvalue weighted by atomic mass is 10.1. The summed E-state index contributed by atoms with van der Waals surface area (Å²) in [7, 11) is 11.7. The molecule has 0 atom stereocenters. The highest BCUT2D eigenvalue weighted by molar-refractivity contribution is 6.42. The van der Waals surface area contributed by atoms with Crippen LogP contribution in [0.5, 0.6) is 0 Å². The zero-order valence-corrected chi connectivity index (χ0v) is 10.8. The van der Waals surface area contributed by atoms with E-state index < -0.39 is 0 Å². The van der Waals surface area contributed by atoms with Crippen LogP contribution in [0.25, 0.3) is 5.20 Å². The van der Waals surface area contributed by atoms with Crippen molar-refractivity contribution in [2.24, 2.45) is 0 Å². The number of nitrogens with zero attached hydrogens (tertiary/aromatic N) is 2. The van der Waals surface area contributed by atoms with Crippen LogP contribution in [0.2, 0.25) is 0 Å². The van der Waals surface area contributed by atoms with E-state index in [9.17, 15) is 0 Å². The first-order valence-electron chi connectivity index (χ1n) is 4.83. The van der Waals surface area contributed by atoms with Gasteiger partial charge in [0, 0.05) is 28.2 Å². The summed E-state index contributed by atoms with van der Waals surface area (Å²) < 4.78 is 0. The van der Waals surface area contributed by atoms with Gasteiger partial charge in [-0.25, -0.2) is 0 Å². The van der Waals surface area contributed by atoms with Crippen molar-refractivity contribution in [2.45, 2.75) is 0 Å². The highest BCUT2D eigenvalue weighted by Crippen LogP contribution is 2.33. The van der Waals surface area contributed by atoms with E-state index in [0.29, 0.717) is 0 Å². The van der Waals surface area contributed by atoms with Crippen molar-refractivity contribution < 1.29 is 0 Å². The molecule has 1 rings (SSSR count). The monoisotopic (exact) mass is 217 g/mol. The van der Waals surface area contributed by atoms with Crippen molar-refractivity contribution in [1.82, 2.24) is 0 Å². The third-order valence-corrected chi connectivity index (χ3v) is 2.54. The number of hydrogen-bond donors (Lipinski definition) is 0. The molecule has 0 aromatic heterocycles. The summed E-state index contributed by atoms with van der Waals surface area (Å²) >= 11 is 0. The summed E-state index contributed by atoms with van der Waals surface area (Å²) in [5.74, 6) is 0. The molecule has 0 saturated carbocycles. The third-order valence-electron chi connectivity index (χ3n) is 2.27. The second-order valence-corrected chi connectivity index (χ2v) is 4.54. The maximum Gasteiger partial charge on any atom is 0.0712 e. The molecular weight excluding hydrogens is 200 g/mol. The molecule has 0 fully saturated rings. The van der Waals surface area contributed by atoms with Gasteiger partial charge in [-0.3, -0.25) is 0 Å². The van der Waals surface area contributed by atoms with E-state index in [0.717, 1.165) is 10.8 Å². The van der Waals surface area contributed by atoms with Gasteiger partial charge in [-0.15, -0.1) is 0 Å². The number of anilines is 2. The van der Waals surface area contributed by atoms with Crippen LogP contribution in [-0.4, -0.2) is 38.4 Å². The topological polar surface area (TPSA) is 6.48 Å². The molecule has 1 aromatic rings. The minimum Gasteiger partial charge on any atom is -0.376 e. The van der Waals surface area contributed by atoms with Crippen LogP contribution in [0.4, 0.5) is 11.4 Å². The van der Waals surface area contributed by atoms with Gasteiger partial charge in [0.05, 0.1) is 21.6 Å². The van der Waals surface area contributed by atoms with Gasteiger partial charge in [0.15, 0.2) is 0 Å². The molecule has 0 heterocycles. The smallest absolute Gasteiger partial charge is 0.0712 e. The molecule has 0 aliphatic carbocycles. The molecule has 1 aromatic carbocycles. The standard InChI is InChI=1S/C12H17N2Si/c1-9(15)10-7-6-8-11(13(2)3)12(10)14(4)5/h6-8H,1H2,2-5H3. The van der Waals surface area contributed by atoms with Crippen molar-refractivity contribution in [2.75, 3.05) is 38.0 Å². The van der Waals surface area contributed by atoms with Crippen LogP contribution in [0.3, 0.4) is 0 Å². The van der Waals surface area contributed by atoms with Gasteiger partial charge >= 0.3 is 0 Å². The fourth-order valence-electron chi connectivity index (χ4n) is 1.61. The number of rotatable bonds is 3. The second kappa shape index (κ2) is 4.53. The third kappa shape index (κ3) is 2.42.